The second-order valence-corrected chi connectivity index (χ2v) is 6.41. The summed E-state index contributed by atoms with van der Waals surface area (Å²) in [5.41, 5.74) is 0. The third-order valence-electron chi connectivity index (χ3n) is 0.454. The van der Waals surface area contributed by atoms with Gasteiger partial charge in [-0.2, -0.15) is 0 Å². The monoisotopic (exact) mass is 240 g/mol. The molecule has 0 amide bonds. The Hall–Kier alpha value is 3.83. The largest absolute Gasteiger partial charge is 1.00 e. The van der Waals surface area contributed by atoms with Crippen LogP contribution < -0.4 is 75.4 Å². The third-order valence-corrected chi connectivity index (χ3v) is 4.08. The van der Waals surface area contributed by atoms with Gasteiger partial charge in [0.15, 0.2) is 0 Å². The summed E-state index contributed by atoms with van der Waals surface area (Å²) in [6.45, 7) is 0. The van der Waals surface area contributed by atoms with Crippen molar-refractivity contribution in [2.45, 2.75) is 4.38 Å². The summed E-state index contributed by atoms with van der Waals surface area (Å²) in [5.74, 6) is 0. The van der Waals surface area contributed by atoms with E-state index in [1.54, 1.807) is 0 Å². The van der Waals surface area contributed by atoms with Crippen molar-refractivity contribution in [1.82, 2.24) is 0 Å². The van der Waals surface area contributed by atoms with Gasteiger partial charge >= 0.3 is 75.4 Å². The summed E-state index contributed by atoms with van der Waals surface area (Å²) in [5, 5.41) is 0. The molecule has 0 heterocycles. The molecule has 0 saturated carbocycles. The second-order valence-electron chi connectivity index (χ2n) is 0.938. The molecule has 0 aliphatic rings. The van der Waals surface area contributed by atoms with Gasteiger partial charge in [0.05, 0.1) is 0 Å². The van der Waals surface area contributed by atoms with Crippen LogP contribution >= 0.6 is 35.6 Å². The molecule has 0 radical (unpaired) electrons. The van der Waals surface area contributed by atoms with Crippen LogP contribution in [-0.2, 0) is 0 Å². The summed E-state index contributed by atoms with van der Waals surface area (Å²) in [4.78, 5) is 0. The number of hydrogen-bond acceptors (Lipinski definition) is 0. The van der Waals surface area contributed by atoms with Crippen LogP contribution in [0.4, 0.5) is 16.8 Å². The van der Waals surface area contributed by atoms with Gasteiger partial charge in [-0.05, 0) is 0 Å². The molecule has 0 aromatic rings. The predicted octanol–water partition coefficient (Wildman–Crippen LogP) is -7.06. The molecule has 0 fully saturated rings. The van der Waals surface area contributed by atoms with Gasteiger partial charge < -0.3 is 56.7 Å². The molecule has 0 aliphatic carbocycles. The molecule has 0 aromatic heterocycles. The SMILES string of the molecule is F[P-]C([P-]F)([P-]F)[P-]F.[Li+].[Li+].[Li+].[Li+]. The minimum atomic E-state index is -2.11. The van der Waals surface area contributed by atoms with E-state index in [4.69, 9.17) is 0 Å². The van der Waals surface area contributed by atoms with Gasteiger partial charge in [0.25, 0.3) is 0 Å². The van der Waals surface area contributed by atoms with E-state index in [2.05, 4.69) is 0 Å². The van der Waals surface area contributed by atoms with Crippen LogP contribution in [-0.4, -0.2) is 4.38 Å². The first-order valence-electron chi connectivity index (χ1n) is 1.57. The maximum absolute atomic E-state index is 11.5. The van der Waals surface area contributed by atoms with Crippen LogP contribution in [0.15, 0.2) is 0 Å². The zero-order chi connectivity index (χ0) is 7.33. The van der Waals surface area contributed by atoms with Crippen molar-refractivity contribution < 1.29 is 92.2 Å². The fraction of sp³-hybridized carbons (Fsp3) is 1.00. The maximum atomic E-state index is 11.5. The van der Waals surface area contributed by atoms with E-state index >= 15 is 0 Å². The summed E-state index contributed by atoms with van der Waals surface area (Å²) < 4.78 is 44.1. The van der Waals surface area contributed by atoms with Crippen LogP contribution in [0.25, 0.3) is 0 Å². The summed E-state index contributed by atoms with van der Waals surface area (Å²) in [6.07, 6.45) is 0. The van der Waals surface area contributed by atoms with Gasteiger partial charge in [-0.1, -0.05) is 0 Å². The van der Waals surface area contributed by atoms with Crippen LogP contribution in [0, 0.1) is 0 Å². The van der Waals surface area contributed by atoms with E-state index in [1.807, 2.05) is 0 Å². The van der Waals surface area contributed by atoms with Crippen LogP contribution in [0.3, 0.4) is 0 Å². The molecule has 0 N–H and O–H groups in total. The van der Waals surface area contributed by atoms with E-state index in [0.29, 0.717) is 0 Å². The molecule has 0 bridgehead atoms. The third kappa shape index (κ3) is 12.1. The molecule has 0 unspecified atom stereocenters. The van der Waals surface area contributed by atoms with Crippen molar-refractivity contribution in [1.29, 1.82) is 0 Å². The van der Waals surface area contributed by atoms with Crippen molar-refractivity contribution in [3.05, 3.63) is 0 Å². The first-order chi connectivity index (χ1) is 4.24. The summed E-state index contributed by atoms with van der Waals surface area (Å²) in [7, 11) is -4.38. The average Bonchev–Trinajstić information content (AvgIpc) is 1.95. The van der Waals surface area contributed by atoms with Crippen LogP contribution in [0.1, 0.15) is 0 Å². The first kappa shape index (κ1) is 30.1. The molecule has 0 atom stereocenters. The fourth-order valence-electron chi connectivity index (χ4n) is 0.0857. The van der Waals surface area contributed by atoms with Crippen molar-refractivity contribution in [3.8, 4) is 0 Å². The molecule has 0 nitrogen and oxygen atoms in total. The Kier molecular flexibility index (Phi) is 42.2. The quantitative estimate of drug-likeness (QED) is 0.260. The Morgan fingerprint density at radius 2 is 0.692 bits per heavy atom. The molecule has 0 aliphatic heterocycles. The molecule has 0 spiro atoms. The minimum absolute atomic E-state index is 0. The minimum Gasteiger partial charge on any atom is -0.473 e. The first-order valence-corrected chi connectivity index (χ1v) is 4.71. The van der Waals surface area contributed by atoms with E-state index in [9.17, 15) is 16.8 Å². The van der Waals surface area contributed by atoms with Crippen LogP contribution in [0.2, 0.25) is 0 Å². The molecule has 0 aromatic carbocycles. The van der Waals surface area contributed by atoms with Gasteiger partial charge in [0.2, 0.25) is 0 Å². The Bertz CT molecular complexity index is 67.0. The number of halogens is 4. The van der Waals surface area contributed by atoms with Gasteiger partial charge in [-0.3, -0.25) is 0 Å². The topological polar surface area (TPSA) is 0 Å². The van der Waals surface area contributed by atoms with Gasteiger partial charge in [-0.25, -0.2) is 0 Å². The van der Waals surface area contributed by atoms with E-state index in [1.165, 1.54) is 0 Å². The van der Waals surface area contributed by atoms with E-state index in [0.717, 1.165) is 0 Å². The van der Waals surface area contributed by atoms with Crippen LogP contribution in [0.5, 0.6) is 0 Å². The molecule has 0 saturated heterocycles. The van der Waals surface area contributed by atoms with Crippen molar-refractivity contribution in [3.63, 3.8) is 0 Å². The fourth-order valence-corrected chi connectivity index (χ4v) is 0.771. The number of rotatable bonds is 4. The summed E-state index contributed by atoms with van der Waals surface area (Å²) >= 11 is 0. The molecular formula is CF4Li4P4. The Labute approximate surface area is 131 Å². The maximum Gasteiger partial charge on any atom is 1.00 e. The standard InChI is InChI=1S/CF4P4.4Li/c2-6-1(7-3,8-4)9-5;;;;/q-4;4*+1. The molecule has 0 rings (SSSR count). The Balaban J connectivity index is -0.0000000533. The molecule has 12 heteroatoms. The van der Waals surface area contributed by atoms with Crippen molar-refractivity contribution in [2.24, 2.45) is 0 Å². The normalized spacial score (nSPS) is 15.7. The average molecular weight is 240 g/mol. The Morgan fingerprint density at radius 1 is 0.538 bits per heavy atom. The van der Waals surface area contributed by atoms with Crippen molar-refractivity contribution in [2.75, 3.05) is 0 Å². The van der Waals surface area contributed by atoms with E-state index < -0.39 is 39.9 Å². The van der Waals surface area contributed by atoms with Gasteiger partial charge in [-0.15, -0.1) is 0 Å². The molecule has 13 heavy (non-hydrogen) atoms. The molecule has 56 valence electrons. The zero-order valence-corrected chi connectivity index (χ0v) is 11.4. The van der Waals surface area contributed by atoms with Crippen molar-refractivity contribution >= 4 is 35.6 Å². The van der Waals surface area contributed by atoms with E-state index in [-0.39, 0.29) is 75.4 Å². The second kappa shape index (κ2) is 18.2. The Morgan fingerprint density at radius 3 is 0.692 bits per heavy atom. The predicted molar refractivity (Wildman–Crippen MR) is 34.8 cm³/mol. The zero-order valence-electron chi connectivity index (χ0n) is 7.80. The van der Waals surface area contributed by atoms with Gasteiger partial charge in [0, 0.05) is 0 Å². The summed E-state index contributed by atoms with van der Waals surface area (Å²) in [6, 6.07) is 0. The number of hydrogen-bond donors (Lipinski definition) is 0. The smallest absolute Gasteiger partial charge is 0.473 e. The van der Waals surface area contributed by atoms with Gasteiger partial charge in [0.1, 0.15) is 0 Å². The molecular weight excluding hydrogens is 240 g/mol.